The van der Waals surface area contributed by atoms with Gasteiger partial charge >= 0.3 is 0 Å². The lowest BCUT2D eigenvalue weighted by molar-refractivity contribution is 0.344. The first kappa shape index (κ1) is 20.8. The van der Waals surface area contributed by atoms with E-state index in [1.54, 1.807) is 49.5 Å². The van der Waals surface area contributed by atoms with Gasteiger partial charge in [-0.2, -0.15) is 4.31 Å². The van der Waals surface area contributed by atoms with Crippen LogP contribution in [0.15, 0.2) is 36.4 Å². The van der Waals surface area contributed by atoms with Crippen LogP contribution in [-0.4, -0.2) is 46.4 Å². The molecule has 28 heavy (non-hydrogen) atoms. The molecule has 0 radical (unpaired) electrons. The molecule has 0 N–H and O–H groups in total. The monoisotopic (exact) mass is 423 g/mol. The zero-order valence-electron chi connectivity index (χ0n) is 16.5. The maximum Gasteiger partial charge on any atom is 0.219 e. The predicted molar refractivity (Wildman–Crippen MR) is 112 cm³/mol. The van der Waals surface area contributed by atoms with E-state index in [1.165, 1.54) is 0 Å². The second-order valence-corrected chi connectivity index (χ2v) is 9.64. The molecule has 1 aliphatic heterocycles. The summed E-state index contributed by atoms with van der Waals surface area (Å²) in [6, 6.07) is 11.1. The second-order valence-electron chi connectivity index (χ2n) is 6.53. The van der Waals surface area contributed by atoms with Crippen LogP contribution in [0.1, 0.15) is 22.1 Å². The number of hydrogen-bond donors (Lipinski definition) is 0. The van der Waals surface area contributed by atoms with Crippen LogP contribution >= 0.6 is 11.8 Å². The van der Waals surface area contributed by atoms with Crippen LogP contribution in [0.25, 0.3) is 0 Å². The van der Waals surface area contributed by atoms with E-state index in [4.69, 9.17) is 14.2 Å². The summed E-state index contributed by atoms with van der Waals surface area (Å²) in [7, 11) is 1.18. The number of methoxy groups -OCH3 is 3. The Morgan fingerprint density at radius 3 is 2.36 bits per heavy atom. The molecule has 1 heterocycles. The van der Waals surface area contributed by atoms with E-state index >= 15 is 0 Å². The van der Waals surface area contributed by atoms with Crippen molar-refractivity contribution < 1.29 is 22.6 Å². The first-order valence-corrected chi connectivity index (χ1v) is 11.5. The molecule has 0 bridgehead atoms. The van der Waals surface area contributed by atoms with Crippen molar-refractivity contribution in [3.05, 3.63) is 53.1 Å². The van der Waals surface area contributed by atoms with Crippen molar-refractivity contribution in [2.75, 3.05) is 33.6 Å². The molecule has 2 aromatic carbocycles. The second kappa shape index (κ2) is 8.63. The van der Waals surface area contributed by atoms with E-state index in [0.29, 0.717) is 23.8 Å². The Morgan fingerprint density at radius 2 is 1.71 bits per heavy atom. The van der Waals surface area contributed by atoms with E-state index < -0.39 is 10.0 Å². The van der Waals surface area contributed by atoms with Gasteiger partial charge < -0.3 is 14.2 Å². The van der Waals surface area contributed by atoms with Crippen LogP contribution in [0, 0.1) is 6.92 Å². The lowest BCUT2D eigenvalue weighted by atomic mass is 10.1. The molecule has 0 aromatic heterocycles. The van der Waals surface area contributed by atoms with Crippen molar-refractivity contribution in [3.8, 4) is 17.2 Å². The number of nitrogens with zero attached hydrogens (tertiary/aromatic N) is 1. The Hall–Kier alpha value is -1.90. The number of rotatable bonds is 7. The lowest BCUT2D eigenvalue weighted by Crippen LogP contribution is -2.31. The summed E-state index contributed by atoms with van der Waals surface area (Å²) in [5, 5.41) is -0.371. The number of ether oxygens (including phenoxy) is 3. The van der Waals surface area contributed by atoms with Crippen LogP contribution in [0.2, 0.25) is 0 Å². The fourth-order valence-corrected chi connectivity index (χ4v) is 6.72. The number of sulfonamides is 1. The molecular formula is C20H25NO5S2. The summed E-state index contributed by atoms with van der Waals surface area (Å²) in [6.07, 6.45) is 0. The average Bonchev–Trinajstić information content (AvgIpc) is 3.17. The lowest BCUT2D eigenvalue weighted by Gasteiger charge is -2.25. The third-order valence-corrected chi connectivity index (χ3v) is 7.82. The maximum atomic E-state index is 13.2. The van der Waals surface area contributed by atoms with Crippen molar-refractivity contribution in [2.45, 2.75) is 18.1 Å². The van der Waals surface area contributed by atoms with Crippen LogP contribution < -0.4 is 14.2 Å². The van der Waals surface area contributed by atoms with Gasteiger partial charge in [-0.05, 0) is 18.6 Å². The highest BCUT2D eigenvalue weighted by Crippen LogP contribution is 2.47. The minimum absolute atomic E-state index is 0.0264. The summed E-state index contributed by atoms with van der Waals surface area (Å²) in [4.78, 5) is 0. The third-order valence-electron chi connectivity index (χ3n) is 4.64. The van der Waals surface area contributed by atoms with Gasteiger partial charge in [-0.25, -0.2) is 8.42 Å². The zero-order valence-corrected chi connectivity index (χ0v) is 18.1. The minimum atomic E-state index is -3.50. The van der Waals surface area contributed by atoms with Crippen LogP contribution in [0.4, 0.5) is 0 Å². The summed E-state index contributed by atoms with van der Waals surface area (Å²) < 4.78 is 44.2. The van der Waals surface area contributed by atoms with Crippen LogP contribution in [0.3, 0.4) is 0 Å². The molecule has 0 aliphatic carbocycles. The molecule has 2 aromatic rings. The van der Waals surface area contributed by atoms with Gasteiger partial charge in [0.1, 0.15) is 5.75 Å². The van der Waals surface area contributed by atoms with Gasteiger partial charge in [0.2, 0.25) is 10.0 Å². The topological polar surface area (TPSA) is 65.1 Å². The zero-order chi connectivity index (χ0) is 20.3. The van der Waals surface area contributed by atoms with E-state index in [0.717, 1.165) is 22.4 Å². The van der Waals surface area contributed by atoms with Gasteiger partial charge in [-0.1, -0.05) is 29.8 Å². The van der Waals surface area contributed by atoms with Crippen LogP contribution in [-0.2, 0) is 15.8 Å². The standard InChI is InChI=1S/C20H25NO5S2/c1-14-6-5-7-15(10-14)13-28(22,23)21-8-9-27-20(21)16-11-18(25-3)19(26-4)12-17(16)24-2/h5-7,10-12,20H,8-9,13H2,1-4H3. The van der Waals surface area contributed by atoms with Gasteiger partial charge in [0.25, 0.3) is 0 Å². The highest BCUT2D eigenvalue weighted by atomic mass is 32.2. The number of aryl methyl sites for hydroxylation is 1. The SMILES string of the molecule is COc1cc(OC)c(C2SCCN2S(=O)(=O)Cc2cccc(C)c2)cc1OC. The highest BCUT2D eigenvalue weighted by Gasteiger charge is 2.38. The molecule has 1 fully saturated rings. The molecule has 3 rings (SSSR count). The van der Waals surface area contributed by atoms with E-state index in [-0.39, 0.29) is 11.1 Å². The van der Waals surface area contributed by atoms with E-state index in [1.807, 2.05) is 31.2 Å². The molecule has 8 heteroatoms. The minimum Gasteiger partial charge on any atom is -0.496 e. The van der Waals surface area contributed by atoms with Crippen LogP contribution in [0.5, 0.6) is 17.2 Å². The molecule has 0 spiro atoms. The van der Waals surface area contributed by atoms with Gasteiger partial charge in [-0.3, -0.25) is 0 Å². The fourth-order valence-electron chi connectivity index (χ4n) is 3.33. The van der Waals surface area contributed by atoms with Crippen molar-refractivity contribution in [2.24, 2.45) is 0 Å². The Labute approximate surface area is 170 Å². The summed E-state index contributed by atoms with van der Waals surface area (Å²) >= 11 is 1.58. The molecule has 1 aliphatic rings. The molecule has 6 nitrogen and oxygen atoms in total. The summed E-state index contributed by atoms with van der Waals surface area (Å²) in [5.74, 6) is 2.35. The average molecular weight is 424 g/mol. The maximum absolute atomic E-state index is 13.2. The molecule has 0 amide bonds. The number of thioether (sulfide) groups is 1. The third kappa shape index (κ3) is 4.24. The molecular weight excluding hydrogens is 398 g/mol. The molecule has 152 valence electrons. The van der Waals surface area contributed by atoms with E-state index in [9.17, 15) is 8.42 Å². The van der Waals surface area contributed by atoms with Gasteiger partial charge in [0, 0.05) is 23.9 Å². The van der Waals surface area contributed by atoms with Crippen molar-refractivity contribution in [3.63, 3.8) is 0 Å². The first-order chi connectivity index (χ1) is 13.4. The largest absolute Gasteiger partial charge is 0.496 e. The Bertz CT molecular complexity index is 946. The summed E-state index contributed by atoms with van der Waals surface area (Å²) in [5.41, 5.74) is 2.59. The van der Waals surface area contributed by atoms with E-state index in [2.05, 4.69) is 0 Å². The Morgan fingerprint density at radius 1 is 1.04 bits per heavy atom. The molecule has 1 atom stereocenters. The Kier molecular flexibility index (Phi) is 6.42. The van der Waals surface area contributed by atoms with Gasteiger partial charge in [-0.15, -0.1) is 11.8 Å². The normalized spacial score (nSPS) is 17.5. The quantitative estimate of drug-likeness (QED) is 0.678. The molecule has 0 saturated carbocycles. The smallest absolute Gasteiger partial charge is 0.219 e. The van der Waals surface area contributed by atoms with Crippen molar-refractivity contribution in [1.82, 2.24) is 4.31 Å². The Balaban J connectivity index is 1.96. The fraction of sp³-hybridized carbons (Fsp3) is 0.400. The first-order valence-electron chi connectivity index (χ1n) is 8.86. The number of benzene rings is 2. The molecule has 1 unspecified atom stereocenters. The van der Waals surface area contributed by atoms with Gasteiger partial charge in [0.05, 0.1) is 32.5 Å². The van der Waals surface area contributed by atoms with Crippen molar-refractivity contribution >= 4 is 21.8 Å². The summed E-state index contributed by atoms with van der Waals surface area (Å²) in [6.45, 7) is 2.42. The highest BCUT2D eigenvalue weighted by molar-refractivity contribution is 8.00. The van der Waals surface area contributed by atoms with Crippen molar-refractivity contribution in [1.29, 1.82) is 0 Å². The predicted octanol–water partition coefficient (Wildman–Crippen LogP) is 3.60. The van der Waals surface area contributed by atoms with Gasteiger partial charge in [0.15, 0.2) is 11.5 Å². The number of hydrogen-bond acceptors (Lipinski definition) is 6. The molecule has 1 saturated heterocycles.